The van der Waals surface area contributed by atoms with E-state index in [0.717, 1.165) is 16.2 Å². The standard InChI is InChI=1S/C32H12BF24.C23H15N2O3/c34-25(35,36)13-1-14(26(37,38)39)6-21(5-13)33(22-7-15(27(40,41)42)2-16(8-22)28(43,44)45,23-9-17(29(46,47)48)3-18(10-23)30(49,50)51)24-11-19(31(52,53)54)4-20(12-24)32(55,56)57;26-25(27)22-18-10-4-2-8-16(18)15-21-20(22)14-17-9-3-5-11-19(17)23(21)28-24-12-6-1-7-13-24/h1-12H;1-15H/q-1;+1. The van der Waals surface area contributed by atoms with E-state index in [1.54, 1.807) is 23.2 Å². The Morgan fingerprint density at radius 1 is 0.329 bits per heavy atom. The number of hydrogen-bond donors (Lipinski definition) is 0. The van der Waals surface area contributed by atoms with Crippen LogP contribution in [0.15, 0.2) is 164 Å². The first-order valence-corrected chi connectivity index (χ1v) is 23.5. The van der Waals surface area contributed by atoms with Crippen molar-refractivity contribution in [3.63, 3.8) is 0 Å². The van der Waals surface area contributed by atoms with Crippen molar-refractivity contribution in [2.45, 2.75) is 49.4 Å². The number of nitro benzene ring substituents is 1. The Morgan fingerprint density at radius 2 is 0.600 bits per heavy atom. The molecule has 0 aliphatic carbocycles. The number of aromatic nitrogens is 1. The molecule has 0 aliphatic heterocycles. The Balaban J connectivity index is 0.000000276. The van der Waals surface area contributed by atoms with E-state index in [-0.39, 0.29) is 10.6 Å². The van der Waals surface area contributed by atoms with Crippen LogP contribution in [0.1, 0.15) is 44.5 Å². The average Bonchev–Trinajstić information content (AvgIpc) is 0.860. The highest BCUT2D eigenvalue weighted by Gasteiger charge is 2.47. The molecule has 0 unspecified atom stereocenters. The van der Waals surface area contributed by atoms with Gasteiger partial charge < -0.3 is 0 Å². The number of hydrogen-bond acceptors (Lipinski definition) is 3. The number of nitrogens with zero attached hydrogens (tertiary/aromatic N) is 2. The summed E-state index contributed by atoms with van der Waals surface area (Å²) in [4.78, 5) is 17.9. The van der Waals surface area contributed by atoms with Gasteiger partial charge in [0.2, 0.25) is 18.1 Å². The number of benzene rings is 8. The largest absolute Gasteiger partial charge is 0.416 e. The Hall–Kier alpha value is -8.73. The fourth-order valence-electron chi connectivity index (χ4n) is 9.72. The highest BCUT2D eigenvalue weighted by atomic mass is 19.4. The highest BCUT2D eigenvalue weighted by Crippen LogP contribution is 2.45. The van der Waals surface area contributed by atoms with E-state index in [1.165, 1.54) is 0 Å². The molecule has 446 valence electrons. The topological polar surface area (TPSA) is 56.3 Å². The van der Waals surface area contributed by atoms with Gasteiger partial charge in [0.25, 0.3) is 5.69 Å². The van der Waals surface area contributed by atoms with Crippen LogP contribution in [0.2, 0.25) is 0 Å². The van der Waals surface area contributed by atoms with Crippen molar-refractivity contribution in [1.29, 1.82) is 0 Å². The zero-order chi connectivity index (χ0) is 63.0. The molecular weight excluding hydrogens is 1200 g/mol. The molecule has 9 aromatic rings. The molecule has 9 rings (SSSR count). The first kappa shape index (κ1) is 62.3. The van der Waals surface area contributed by atoms with E-state index in [4.69, 9.17) is 4.84 Å². The third-order valence-corrected chi connectivity index (χ3v) is 13.3. The molecule has 1 heterocycles. The van der Waals surface area contributed by atoms with Crippen LogP contribution in [0.4, 0.5) is 111 Å². The zero-order valence-electron chi connectivity index (χ0n) is 41.4. The van der Waals surface area contributed by atoms with Crippen LogP contribution in [0.3, 0.4) is 0 Å². The number of alkyl halides is 24. The van der Waals surface area contributed by atoms with Gasteiger partial charge in [0.15, 0.2) is 0 Å². The Kier molecular flexibility index (Phi) is 15.7. The molecule has 0 saturated heterocycles. The quantitative estimate of drug-likeness (QED) is 0.0399. The summed E-state index contributed by atoms with van der Waals surface area (Å²) in [6.07, 6.45) is -51.2. The number of non-ortho nitro benzene ring substituents is 1. The molecule has 8 aromatic carbocycles. The monoisotopic (exact) mass is 1230 g/mol. The smallest absolute Gasteiger partial charge is 0.258 e. The molecule has 0 bridgehead atoms. The van der Waals surface area contributed by atoms with Crippen LogP contribution in [0, 0.1) is 10.1 Å². The lowest BCUT2D eigenvalue weighted by molar-refractivity contribution is -0.874. The summed E-state index contributed by atoms with van der Waals surface area (Å²) in [6.45, 7) is 0. The minimum atomic E-state index is -6.13. The van der Waals surface area contributed by atoms with Crippen LogP contribution in [0.5, 0.6) is 5.75 Å². The molecule has 0 aliphatic rings. The van der Waals surface area contributed by atoms with Crippen LogP contribution in [0.25, 0.3) is 32.3 Å². The third-order valence-electron chi connectivity index (χ3n) is 13.3. The number of rotatable bonds is 7. The minimum Gasteiger partial charge on any atom is -0.258 e. The van der Waals surface area contributed by atoms with E-state index in [1.807, 2.05) is 72.8 Å². The molecule has 30 heteroatoms. The minimum absolute atomic E-state index is 0.0989. The van der Waals surface area contributed by atoms with Crippen molar-refractivity contribution >= 4 is 66.0 Å². The average molecular weight is 1230 g/mol. The Morgan fingerprint density at radius 3 is 0.894 bits per heavy atom. The first-order valence-electron chi connectivity index (χ1n) is 23.5. The van der Waals surface area contributed by atoms with Crippen molar-refractivity contribution in [3.8, 4) is 5.75 Å². The van der Waals surface area contributed by atoms with Gasteiger partial charge in [0.1, 0.15) is 6.15 Å². The highest BCUT2D eigenvalue weighted by molar-refractivity contribution is 7.20. The van der Waals surface area contributed by atoms with Crippen molar-refractivity contribution < 1.29 is 120 Å². The first-order chi connectivity index (χ1) is 39.0. The van der Waals surface area contributed by atoms with Crippen molar-refractivity contribution in [2.24, 2.45) is 0 Å². The predicted molar refractivity (Wildman–Crippen MR) is 258 cm³/mol. The molecule has 0 saturated carbocycles. The fraction of sp³-hybridized carbons (Fsp3) is 0.145. The van der Waals surface area contributed by atoms with Gasteiger partial charge in [-0.1, -0.05) is 97.1 Å². The molecular formula is C55H27BF24N2O3. The van der Waals surface area contributed by atoms with Crippen molar-refractivity contribution in [1.82, 2.24) is 0 Å². The maximum Gasteiger partial charge on any atom is 0.416 e. The van der Waals surface area contributed by atoms with Gasteiger partial charge in [0.05, 0.1) is 60.2 Å². The lowest BCUT2D eigenvalue weighted by Crippen LogP contribution is -2.75. The van der Waals surface area contributed by atoms with E-state index >= 15 is 0 Å². The molecule has 0 amide bonds. The summed E-state index contributed by atoms with van der Waals surface area (Å²) in [5.74, 6) is 0.596. The summed E-state index contributed by atoms with van der Waals surface area (Å²) >= 11 is 0. The molecule has 0 N–H and O–H groups in total. The fourth-order valence-corrected chi connectivity index (χ4v) is 9.72. The van der Waals surface area contributed by atoms with Gasteiger partial charge in [0, 0.05) is 27.6 Å². The molecule has 5 nitrogen and oxygen atoms in total. The van der Waals surface area contributed by atoms with Crippen LogP contribution >= 0.6 is 0 Å². The van der Waals surface area contributed by atoms with Crippen molar-refractivity contribution in [2.75, 3.05) is 0 Å². The van der Waals surface area contributed by atoms with Crippen molar-refractivity contribution in [3.05, 3.63) is 219 Å². The molecule has 0 spiro atoms. The summed E-state index contributed by atoms with van der Waals surface area (Å²) in [7, 11) is 0. The van der Waals surface area contributed by atoms with Crippen LogP contribution < -0.4 is 31.4 Å². The molecule has 0 radical (unpaired) electrons. The summed E-state index contributed by atoms with van der Waals surface area (Å²) < 4.78 is 342. The van der Waals surface area contributed by atoms with Gasteiger partial charge >= 0.3 is 49.4 Å². The number of pyridine rings is 1. The predicted octanol–water partition coefficient (Wildman–Crippen LogP) is 16.4. The molecule has 1 aromatic heterocycles. The number of nitro groups is 1. The number of fused-ring (bicyclic) bond motifs is 3. The second kappa shape index (κ2) is 21.4. The van der Waals surface area contributed by atoms with E-state index in [0.29, 0.717) is 21.9 Å². The third kappa shape index (κ3) is 12.9. The molecule has 85 heavy (non-hydrogen) atoms. The zero-order valence-corrected chi connectivity index (χ0v) is 41.4. The SMILES string of the molecule is FC(F)(F)c1cc([B-](c2cc(C(F)(F)F)cc(C(F)(F)F)c2)(c2cc(C(F)(F)F)cc(C(F)(F)F)c2)c2cc(C(F)(F)F)cc(C(F)(F)F)c2)cc(C(F)(F)F)c1.O=[N+]([O-])c1c2ccccc2cc2c(O[n+]3ccccc3)c3ccccc3cc12. The Labute approximate surface area is 458 Å². The maximum absolute atomic E-state index is 14.2. The van der Waals surface area contributed by atoms with Gasteiger partial charge in [-0.15, -0.1) is 0 Å². The summed E-state index contributed by atoms with van der Waals surface area (Å²) in [6, 6.07) is 15.8. The van der Waals surface area contributed by atoms with Gasteiger partial charge in [-0.2, -0.15) is 127 Å². The summed E-state index contributed by atoms with van der Waals surface area (Å²) in [5.41, 5.74) is -30.1. The van der Waals surface area contributed by atoms with Gasteiger partial charge in [-0.3, -0.25) is 10.1 Å². The van der Waals surface area contributed by atoms with Crippen LogP contribution in [-0.4, -0.2) is 11.1 Å². The molecule has 0 atom stereocenters. The second-order valence-corrected chi connectivity index (χ2v) is 18.8. The second-order valence-electron chi connectivity index (χ2n) is 18.8. The van der Waals surface area contributed by atoms with E-state index < -0.39 is 195 Å². The lowest BCUT2D eigenvalue weighted by atomic mass is 9.12. The van der Waals surface area contributed by atoms with E-state index in [9.17, 15) is 115 Å². The lowest BCUT2D eigenvalue weighted by Gasteiger charge is -2.46. The van der Waals surface area contributed by atoms with E-state index in [2.05, 4.69) is 0 Å². The van der Waals surface area contributed by atoms with Gasteiger partial charge in [-0.05, 0) is 53.2 Å². The van der Waals surface area contributed by atoms with Gasteiger partial charge in [-0.25, -0.2) is 4.84 Å². The molecule has 0 fully saturated rings. The van der Waals surface area contributed by atoms with Crippen LogP contribution in [-0.2, 0) is 49.4 Å². The normalized spacial score (nSPS) is 13.3. The Bertz CT molecular complexity index is 3590. The number of halogens is 24. The maximum atomic E-state index is 14.2. The summed E-state index contributed by atoms with van der Waals surface area (Å²) in [5, 5.41) is 16.5.